The van der Waals surface area contributed by atoms with Crippen molar-refractivity contribution in [3.8, 4) is 0 Å². The summed E-state index contributed by atoms with van der Waals surface area (Å²) in [5.41, 5.74) is 1.54. The highest BCUT2D eigenvalue weighted by molar-refractivity contribution is 5.93. The molecule has 0 saturated heterocycles. The van der Waals surface area contributed by atoms with Crippen LogP contribution < -0.4 is 16.0 Å². The number of aliphatic carboxylic acids is 1. The van der Waals surface area contributed by atoms with Crippen molar-refractivity contribution in [2.24, 2.45) is 5.16 Å². The van der Waals surface area contributed by atoms with Crippen molar-refractivity contribution in [2.75, 3.05) is 18.4 Å². The van der Waals surface area contributed by atoms with Crippen LogP contribution in [0.4, 0.5) is 10.7 Å². The first-order valence-corrected chi connectivity index (χ1v) is 10.9. The number of oxime groups is 1. The lowest BCUT2D eigenvalue weighted by molar-refractivity contribution is -0.139. The van der Waals surface area contributed by atoms with Gasteiger partial charge in [0.1, 0.15) is 12.6 Å². The van der Waals surface area contributed by atoms with Crippen LogP contribution in [0.25, 0.3) is 0 Å². The second kappa shape index (κ2) is 12.8. The van der Waals surface area contributed by atoms with Crippen LogP contribution in [-0.2, 0) is 25.8 Å². The number of rotatable bonds is 13. The van der Waals surface area contributed by atoms with E-state index in [2.05, 4.69) is 31.1 Å². The number of hydrogen-bond donors (Lipinski definition) is 5. The number of amides is 2. The fourth-order valence-electron chi connectivity index (χ4n) is 3.16. The molecule has 34 heavy (non-hydrogen) atoms. The number of nitrogens with one attached hydrogen (secondary N) is 4. The molecule has 0 bridgehead atoms. The third-order valence-electron chi connectivity index (χ3n) is 4.99. The zero-order chi connectivity index (χ0) is 24.2. The molecule has 12 nitrogen and oxygen atoms in total. The number of aromatic amines is 1. The minimum absolute atomic E-state index is 0.000310. The number of carbonyl (C=O) groups is 3. The van der Waals surface area contributed by atoms with Crippen molar-refractivity contribution in [1.82, 2.24) is 20.6 Å². The van der Waals surface area contributed by atoms with Gasteiger partial charge in [-0.3, -0.25) is 4.79 Å². The Bertz CT molecular complexity index is 966. The van der Waals surface area contributed by atoms with E-state index < -0.39 is 30.1 Å². The third-order valence-corrected chi connectivity index (χ3v) is 4.99. The van der Waals surface area contributed by atoms with Gasteiger partial charge in [0, 0.05) is 31.9 Å². The largest absolute Gasteiger partial charge is 0.480 e. The number of nitrogens with zero attached hydrogens (tertiary/aromatic N) is 2. The number of unbranched alkanes of at least 4 members (excludes halogenated alkanes) is 1. The van der Waals surface area contributed by atoms with Gasteiger partial charge in [0.25, 0.3) is 5.91 Å². The van der Waals surface area contributed by atoms with E-state index in [1.165, 1.54) is 0 Å². The van der Waals surface area contributed by atoms with Crippen molar-refractivity contribution in [1.29, 1.82) is 0 Å². The summed E-state index contributed by atoms with van der Waals surface area (Å²) in [4.78, 5) is 48.0. The highest BCUT2D eigenvalue weighted by atomic mass is 16.6. The van der Waals surface area contributed by atoms with Crippen molar-refractivity contribution in [2.45, 2.75) is 44.4 Å². The van der Waals surface area contributed by atoms with Gasteiger partial charge in [0.2, 0.25) is 6.10 Å². The second-order valence-electron chi connectivity index (χ2n) is 7.62. The van der Waals surface area contributed by atoms with Crippen LogP contribution in [0, 0.1) is 0 Å². The summed E-state index contributed by atoms with van der Waals surface area (Å²) in [7, 11) is 0. The van der Waals surface area contributed by atoms with E-state index in [1.54, 1.807) is 36.7 Å². The number of alkyl carbamates (subject to hydrolysis) is 1. The molecule has 12 heteroatoms. The van der Waals surface area contributed by atoms with Gasteiger partial charge in [-0.25, -0.2) is 14.6 Å². The van der Waals surface area contributed by atoms with Crippen molar-refractivity contribution in [3.05, 3.63) is 48.3 Å². The van der Waals surface area contributed by atoms with E-state index >= 15 is 0 Å². The minimum atomic E-state index is -1.35. The molecule has 5 N–H and O–H groups in total. The highest BCUT2D eigenvalue weighted by Gasteiger charge is 2.29. The maximum absolute atomic E-state index is 12.4. The van der Waals surface area contributed by atoms with Gasteiger partial charge in [0.05, 0.1) is 5.71 Å². The molecule has 2 unspecified atom stereocenters. The molecule has 1 aromatic heterocycles. The van der Waals surface area contributed by atoms with Gasteiger partial charge in [-0.1, -0.05) is 35.5 Å². The topological polar surface area (TPSA) is 167 Å². The molecule has 0 aliphatic carbocycles. The van der Waals surface area contributed by atoms with Crippen molar-refractivity contribution in [3.63, 3.8) is 0 Å². The lowest BCUT2D eigenvalue weighted by Crippen LogP contribution is -2.50. The van der Waals surface area contributed by atoms with Crippen molar-refractivity contribution >= 4 is 29.6 Å². The molecule has 2 heterocycles. The summed E-state index contributed by atoms with van der Waals surface area (Å²) in [6.45, 7) is 0.436. The molecule has 1 aromatic carbocycles. The highest BCUT2D eigenvalue weighted by Crippen LogP contribution is 2.15. The molecule has 182 valence electrons. The molecule has 0 fully saturated rings. The number of imidazole rings is 1. The molecule has 1 aliphatic heterocycles. The zero-order valence-electron chi connectivity index (χ0n) is 18.5. The molecular formula is C22H28N6O6. The Morgan fingerprint density at radius 3 is 2.79 bits per heavy atom. The first-order valence-electron chi connectivity index (χ1n) is 10.9. The molecule has 2 atom stereocenters. The maximum Gasteiger partial charge on any atom is 0.408 e. The average molecular weight is 473 g/mol. The van der Waals surface area contributed by atoms with Gasteiger partial charge in [0.15, 0.2) is 5.95 Å². The first kappa shape index (κ1) is 24.6. The van der Waals surface area contributed by atoms with Gasteiger partial charge >= 0.3 is 12.1 Å². The van der Waals surface area contributed by atoms with Crippen LogP contribution >= 0.6 is 0 Å². The number of carboxylic acid groups (broad SMARTS) is 1. The Morgan fingerprint density at radius 1 is 1.24 bits per heavy atom. The predicted octanol–water partition coefficient (Wildman–Crippen LogP) is 1.63. The van der Waals surface area contributed by atoms with Gasteiger partial charge < -0.3 is 35.6 Å². The summed E-state index contributed by atoms with van der Waals surface area (Å²) in [6.07, 6.45) is 4.47. The Hall–Kier alpha value is -4.09. The number of H-pyrrole nitrogens is 1. The lowest BCUT2D eigenvalue weighted by atomic mass is 10.1. The van der Waals surface area contributed by atoms with Crippen LogP contribution in [0.1, 0.15) is 31.2 Å². The molecule has 3 rings (SSSR count). The third kappa shape index (κ3) is 8.11. The van der Waals surface area contributed by atoms with E-state index in [9.17, 15) is 19.5 Å². The number of carboxylic acids is 1. The molecule has 1 aliphatic rings. The van der Waals surface area contributed by atoms with Crippen LogP contribution in [0.5, 0.6) is 0 Å². The van der Waals surface area contributed by atoms with E-state index in [1.807, 2.05) is 6.07 Å². The molecular weight excluding hydrogens is 444 g/mol. The zero-order valence-corrected chi connectivity index (χ0v) is 18.5. The number of hydrogen-bond acceptors (Lipinski definition) is 8. The Morgan fingerprint density at radius 2 is 2.06 bits per heavy atom. The van der Waals surface area contributed by atoms with E-state index in [4.69, 9.17) is 9.57 Å². The summed E-state index contributed by atoms with van der Waals surface area (Å²) in [5, 5.41) is 21.2. The SMILES string of the molecule is O=C(NC(CNC(=O)C1CC(CCCCNc2ncc[nH]2)=NO1)C(=O)O)OCc1ccccc1. The summed E-state index contributed by atoms with van der Waals surface area (Å²) in [6, 6.07) is 7.63. The van der Waals surface area contributed by atoms with E-state index in [-0.39, 0.29) is 13.2 Å². The number of benzene rings is 1. The number of anilines is 1. The molecule has 0 saturated carbocycles. The van der Waals surface area contributed by atoms with Crippen LogP contribution in [0.15, 0.2) is 47.9 Å². The van der Waals surface area contributed by atoms with Gasteiger partial charge in [-0.05, 0) is 24.8 Å². The monoisotopic (exact) mass is 472 g/mol. The minimum Gasteiger partial charge on any atom is -0.480 e. The Labute approximate surface area is 196 Å². The Kier molecular flexibility index (Phi) is 9.26. The maximum atomic E-state index is 12.4. The molecule has 2 amide bonds. The van der Waals surface area contributed by atoms with Crippen LogP contribution in [0.3, 0.4) is 0 Å². The lowest BCUT2D eigenvalue weighted by Gasteiger charge is -2.16. The number of ether oxygens (including phenoxy) is 1. The summed E-state index contributed by atoms with van der Waals surface area (Å²) < 4.78 is 5.03. The van der Waals surface area contributed by atoms with E-state index in [0.29, 0.717) is 12.8 Å². The molecule has 2 aromatic rings. The summed E-state index contributed by atoms with van der Waals surface area (Å²) >= 11 is 0. The number of carbonyl (C=O) groups excluding carboxylic acids is 2. The van der Waals surface area contributed by atoms with Gasteiger partial charge in [-0.2, -0.15) is 0 Å². The van der Waals surface area contributed by atoms with Crippen LogP contribution in [-0.4, -0.2) is 64.0 Å². The number of aromatic nitrogens is 2. The summed E-state index contributed by atoms with van der Waals surface area (Å²) in [5.74, 6) is -1.08. The van der Waals surface area contributed by atoms with Gasteiger partial charge in [-0.15, -0.1) is 0 Å². The standard InChI is InChI=1S/C22H28N6O6/c29-19(18-12-16(28-34-18)8-4-5-9-23-21-24-10-11-25-21)26-13-17(20(30)31)27-22(32)33-14-15-6-2-1-3-7-15/h1-3,6-7,10-11,17-18H,4-5,8-9,12-14H2,(H,26,29)(H,27,32)(H,30,31)(H2,23,24,25). The molecule has 0 spiro atoms. The fourth-order valence-corrected chi connectivity index (χ4v) is 3.16. The Balaban J connectivity index is 1.31. The normalized spacial score (nSPS) is 15.5. The molecule has 0 radical (unpaired) electrons. The predicted molar refractivity (Wildman–Crippen MR) is 122 cm³/mol. The average Bonchev–Trinajstić information content (AvgIpc) is 3.53. The van der Waals surface area contributed by atoms with E-state index in [0.717, 1.165) is 36.6 Å². The second-order valence-corrected chi connectivity index (χ2v) is 7.62. The fraction of sp³-hybridized carbons (Fsp3) is 0.409. The quantitative estimate of drug-likeness (QED) is 0.274. The van der Waals surface area contributed by atoms with Crippen LogP contribution in [0.2, 0.25) is 0 Å². The van der Waals surface area contributed by atoms with Crippen molar-refractivity contribution < 1.29 is 29.1 Å². The first-order chi connectivity index (χ1) is 16.5. The smallest absolute Gasteiger partial charge is 0.408 e.